The SMILES string of the molecule is C.CCCC(=O)OC(C)c1ccccc1. The second kappa shape index (κ2) is 7.04. The average molecular weight is 208 g/mol. The van der Waals surface area contributed by atoms with Crippen molar-refractivity contribution in [1.82, 2.24) is 0 Å². The molecule has 0 amide bonds. The van der Waals surface area contributed by atoms with Crippen molar-refractivity contribution in [2.75, 3.05) is 0 Å². The van der Waals surface area contributed by atoms with E-state index in [0.717, 1.165) is 12.0 Å². The van der Waals surface area contributed by atoms with Crippen LogP contribution in [-0.2, 0) is 9.53 Å². The second-order valence-corrected chi connectivity index (χ2v) is 3.29. The van der Waals surface area contributed by atoms with Crippen molar-refractivity contribution in [3.8, 4) is 0 Å². The summed E-state index contributed by atoms with van der Waals surface area (Å²) in [7, 11) is 0. The molecule has 1 atom stereocenters. The first-order valence-corrected chi connectivity index (χ1v) is 4.98. The Morgan fingerprint density at radius 2 is 1.93 bits per heavy atom. The zero-order chi connectivity index (χ0) is 10.4. The number of hydrogen-bond acceptors (Lipinski definition) is 2. The molecule has 1 unspecified atom stereocenters. The Hall–Kier alpha value is -1.31. The molecule has 0 saturated heterocycles. The first-order valence-electron chi connectivity index (χ1n) is 4.98. The standard InChI is InChI=1S/C12H16O2.CH4/c1-3-7-12(13)14-10(2)11-8-5-4-6-9-11;/h4-6,8-10H,3,7H2,1-2H3;1H4. The molecule has 84 valence electrons. The van der Waals surface area contributed by atoms with Gasteiger partial charge in [-0.25, -0.2) is 0 Å². The van der Waals surface area contributed by atoms with Gasteiger partial charge in [0.1, 0.15) is 6.10 Å². The number of rotatable bonds is 4. The van der Waals surface area contributed by atoms with Crippen molar-refractivity contribution < 1.29 is 9.53 Å². The molecule has 0 N–H and O–H groups in total. The fourth-order valence-corrected chi connectivity index (χ4v) is 1.25. The van der Waals surface area contributed by atoms with Gasteiger partial charge in [0.2, 0.25) is 0 Å². The maximum atomic E-state index is 11.2. The smallest absolute Gasteiger partial charge is 0.306 e. The highest BCUT2D eigenvalue weighted by Gasteiger charge is 2.09. The van der Waals surface area contributed by atoms with Gasteiger partial charge in [0, 0.05) is 6.42 Å². The van der Waals surface area contributed by atoms with E-state index in [2.05, 4.69) is 0 Å². The van der Waals surface area contributed by atoms with Gasteiger partial charge in [-0.05, 0) is 18.9 Å². The maximum Gasteiger partial charge on any atom is 0.306 e. The molecule has 0 saturated carbocycles. The molecule has 0 heterocycles. The minimum absolute atomic E-state index is 0. The van der Waals surface area contributed by atoms with Gasteiger partial charge >= 0.3 is 5.97 Å². The quantitative estimate of drug-likeness (QED) is 0.705. The first-order chi connectivity index (χ1) is 6.74. The molecular formula is C13H20O2. The number of hydrogen-bond donors (Lipinski definition) is 0. The van der Waals surface area contributed by atoms with E-state index in [1.54, 1.807) is 0 Å². The summed E-state index contributed by atoms with van der Waals surface area (Å²) in [5.41, 5.74) is 1.04. The lowest BCUT2D eigenvalue weighted by Gasteiger charge is -2.12. The largest absolute Gasteiger partial charge is 0.458 e. The third-order valence-corrected chi connectivity index (χ3v) is 2.03. The summed E-state index contributed by atoms with van der Waals surface area (Å²) < 4.78 is 5.24. The molecule has 1 rings (SSSR count). The highest BCUT2D eigenvalue weighted by Crippen LogP contribution is 2.16. The third kappa shape index (κ3) is 4.63. The fraction of sp³-hybridized carbons (Fsp3) is 0.462. The van der Waals surface area contributed by atoms with E-state index in [1.165, 1.54) is 0 Å². The average Bonchev–Trinajstić information content (AvgIpc) is 2.19. The van der Waals surface area contributed by atoms with Gasteiger partial charge in [0.05, 0.1) is 0 Å². The lowest BCUT2D eigenvalue weighted by Crippen LogP contribution is -2.07. The van der Waals surface area contributed by atoms with Crippen LogP contribution < -0.4 is 0 Å². The van der Waals surface area contributed by atoms with Crippen LogP contribution in [0.1, 0.15) is 45.8 Å². The first kappa shape index (κ1) is 13.7. The Morgan fingerprint density at radius 1 is 1.33 bits per heavy atom. The predicted molar refractivity (Wildman–Crippen MR) is 62.6 cm³/mol. The number of esters is 1. The Bertz CT molecular complexity index is 280. The van der Waals surface area contributed by atoms with E-state index in [0.29, 0.717) is 6.42 Å². The fourth-order valence-electron chi connectivity index (χ4n) is 1.25. The molecule has 1 aromatic rings. The number of ether oxygens (including phenoxy) is 1. The number of carbonyl (C=O) groups is 1. The molecule has 15 heavy (non-hydrogen) atoms. The molecule has 0 aliphatic heterocycles. The molecule has 0 aliphatic rings. The van der Waals surface area contributed by atoms with Crippen LogP contribution in [0.4, 0.5) is 0 Å². The maximum absolute atomic E-state index is 11.2. The van der Waals surface area contributed by atoms with Crippen molar-refractivity contribution in [1.29, 1.82) is 0 Å². The van der Waals surface area contributed by atoms with Crippen LogP contribution in [0.3, 0.4) is 0 Å². The Balaban J connectivity index is 0.00000196. The van der Waals surface area contributed by atoms with Gasteiger partial charge in [-0.2, -0.15) is 0 Å². The highest BCUT2D eigenvalue weighted by molar-refractivity contribution is 5.69. The normalized spacial score (nSPS) is 11.3. The summed E-state index contributed by atoms with van der Waals surface area (Å²) in [4.78, 5) is 11.2. The molecule has 1 aromatic carbocycles. The minimum atomic E-state index is -0.143. The van der Waals surface area contributed by atoms with Crippen LogP contribution in [-0.4, -0.2) is 5.97 Å². The Morgan fingerprint density at radius 3 is 2.47 bits per heavy atom. The molecular weight excluding hydrogens is 188 g/mol. The van der Waals surface area contributed by atoms with Gasteiger partial charge in [-0.3, -0.25) is 4.79 Å². The third-order valence-electron chi connectivity index (χ3n) is 2.03. The van der Waals surface area contributed by atoms with Gasteiger partial charge in [0.25, 0.3) is 0 Å². The van der Waals surface area contributed by atoms with E-state index >= 15 is 0 Å². The van der Waals surface area contributed by atoms with Gasteiger partial charge in [-0.15, -0.1) is 0 Å². The molecule has 0 bridgehead atoms. The molecule has 0 aliphatic carbocycles. The van der Waals surface area contributed by atoms with E-state index in [-0.39, 0.29) is 19.5 Å². The summed E-state index contributed by atoms with van der Waals surface area (Å²) in [6.07, 6.45) is 1.19. The van der Waals surface area contributed by atoms with Gasteiger partial charge in [-0.1, -0.05) is 44.7 Å². The summed E-state index contributed by atoms with van der Waals surface area (Å²) in [6, 6.07) is 9.76. The second-order valence-electron chi connectivity index (χ2n) is 3.29. The molecule has 0 radical (unpaired) electrons. The van der Waals surface area contributed by atoms with Crippen molar-refractivity contribution >= 4 is 5.97 Å². The summed E-state index contributed by atoms with van der Waals surface area (Å²) >= 11 is 0. The predicted octanol–water partition coefficient (Wildman–Crippen LogP) is 3.73. The van der Waals surface area contributed by atoms with Crippen LogP contribution >= 0.6 is 0 Å². The lowest BCUT2D eigenvalue weighted by atomic mass is 10.1. The van der Waals surface area contributed by atoms with Crippen LogP contribution in [0.5, 0.6) is 0 Å². The molecule has 0 fully saturated rings. The summed E-state index contributed by atoms with van der Waals surface area (Å²) in [5.74, 6) is -0.121. The topological polar surface area (TPSA) is 26.3 Å². The van der Waals surface area contributed by atoms with Crippen LogP contribution in [0.25, 0.3) is 0 Å². The van der Waals surface area contributed by atoms with Crippen molar-refractivity contribution in [2.24, 2.45) is 0 Å². The number of benzene rings is 1. The van der Waals surface area contributed by atoms with E-state index in [4.69, 9.17) is 4.74 Å². The van der Waals surface area contributed by atoms with Gasteiger partial charge in [0.15, 0.2) is 0 Å². The van der Waals surface area contributed by atoms with Crippen molar-refractivity contribution in [3.05, 3.63) is 35.9 Å². The highest BCUT2D eigenvalue weighted by atomic mass is 16.5. The molecule has 2 nitrogen and oxygen atoms in total. The minimum Gasteiger partial charge on any atom is -0.458 e. The Labute approximate surface area is 92.3 Å². The lowest BCUT2D eigenvalue weighted by molar-refractivity contribution is -0.148. The van der Waals surface area contributed by atoms with E-state index in [1.807, 2.05) is 44.2 Å². The van der Waals surface area contributed by atoms with Crippen molar-refractivity contribution in [2.45, 2.75) is 40.2 Å². The van der Waals surface area contributed by atoms with Crippen LogP contribution in [0.2, 0.25) is 0 Å². The zero-order valence-corrected chi connectivity index (χ0v) is 8.69. The Kier molecular flexibility index (Phi) is 6.43. The van der Waals surface area contributed by atoms with Crippen molar-refractivity contribution in [3.63, 3.8) is 0 Å². The number of carbonyl (C=O) groups excluding carboxylic acids is 1. The monoisotopic (exact) mass is 208 g/mol. The summed E-state index contributed by atoms with van der Waals surface area (Å²) in [5, 5.41) is 0. The molecule has 0 aromatic heterocycles. The molecule has 2 heteroatoms. The van der Waals surface area contributed by atoms with Crippen LogP contribution in [0.15, 0.2) is 30.3 Å². The zero-order valence-electron chi connectivity index (χ0n) is 8.69. The van der Waals surface area contributed by atoms with Gasteiger partial charge < -0.3 is 4.74 Å². The van der Waals surface area contributed by atoms with E-state index < -0.39 is 0 Å². The van der Waals surface area contributed by atoms with E-state index in [9.17, 15) is 4.79 Å². The summed E-state index contributed by atoms with van der Waals surface area (Å²) in [6.45, 7) is 3.86. The van der Waals surface area contributed by atoms with Crippen LogP contribution in [0, 0.1) is 0 Å². The molecule has 0 spiro atoms.